The van der Waals surface area contributed by atoms with Gasteiger partial charge in [-0.15, -0.1) is 0 Å². The van der Waals surface area contributed by atoms with Crippen molar-refractivity contribution in [3.8, 4) is 0 Å². The molecule has 1 aromatic heterocycles. The molecular weight excluding hydrogens is 285 g/mol. The minimum atomic E-state index is -4.56. The van der Waals surface area contributed by atoms with E-state index in [-0.39, 0.29) is 11.4 Å². The van der Waals surface area contributed by atoms with Crippen LogP contribution in [0.4, 0.5) is 19.0 Å². The summed E-state index contributed by atoms with van der Waals surface area (Å²) in [6.45, 7) is 1.04. The zero-order chi connectivity index (χ0) is 15.6. The molecule has 0 spiro atoms. The fraction of sp³-hybridized carbons (Fsp3) is 0.538. The molecule has 5 nitrogen and oxygen atoms in total. The smallest absolute Gasteiger partial charge is 0.368 e. The summed E-state index contributed by atoms with van der Waals surface area (Å²) >= 11 is 0. The van der Waals surface area contributed by atoms with Gasteiger partial charge in [0.25, 0.3) is 5.91 Å². The lowest BCUT2D eigenvalue weighted by atomic mass is 10.2. The summed E-state index contributed by atoms with van der Waals surface area (Å²) in [4.78, 5) is 16.8. The van der Waals surface area contributed by atoms with Crippen LogP contribution in [0.15, 0.2) is 12.1 Å². The Kier molecular flexibility index (Phi) is 4.36. The summed E-state index contributed by atoms with van der Waals surface area (Å²) in [6.07, 6.45) is -2.27. The van der Waals surface area contributed by atoms with E-state index in [1.807, 2.05) is 7.05 Å². The predicted octanol–water partition coefficient (Wildman–Crippen LogP) is 1.71. The van der Waals surface area contributed by atoms with E-state index in [4.69, 9.17) is 5.73 Å². The van der Waals surface area contributed by atoms with Crippen molar-refractivity contribution in [2.24, 2.45) is 5.73 Å². The van der Waals surface area contributed by atoms with Gasteiger partial charge in [0.1, 0.15) is 11.5 Å². The molecule has 21 heavy (non-hydrogen) atoms. The van der Waals surface area contributed by atoms with Gasteiger partial charge in [-0.3, -0.25) is 4.79 Å². The molecule has 0 unspecified atom stereocenters. The van der Waals surface area contributed by atoms with Crippen molar-refractivity contribution in [3.05, 3.63) is 23.4 Å². The average molecular weight is 302 g/mol. The van der Waals surface area contributed by atoms with Crippen LogP contribution in [0.5, 0.6) is 0 Å². The SMILES string of the molecule is CN(CCNc1nc(C(F)(F)F)ccc1C(N)=O)C1CC1. The number of alkyl halides is 3. The zero-order valence-corrected chi connectivity index (χ0v) is 11.6. The van der Waals surface area contributed by atoms with E-state index in [2.05, 4.69) is 15.2 Å². The number of carbonyl (C=O) groups is 1. The number of primary amides is 1. The van der Waals surface area contributed by atoms with Crippen molar-refractivity contribution in [1.29, 1.82) is 0 Å². The fourth-order valence-electron chi connectivity index (χ4n) is 2.00. The molecular formula is C13H17F3N4O. The third-order valence-electron chi connectivity index (χ3n) is 3.38. The molecule has 1 heterocycles. The molecule has 116 valence electrons. The summed E-state index contributed by atoms with van der Waals surface area (Å²) in [5.41, 5.74) is 4.06. The largest absolute Gasteiger partial charge is 0.433 e. The van der Waals surface area contributed by atoms with Crippen LogP contribution in [-0.2, 0) is 6.18 Å². The number of halogens is 3. The maximum atomic E-state index is 12.7. The molecule has 0 atom stereocenters. The van der Waals surface area contributed by atoms with Crippen LogP contribution in [0, 0.1) is 0 Å². The zero-order valence-electron chi connectivity index (χ0n) is 11.6. The molecule has 1 fully saturated rings. The molecule has 0 bridgehead atoms. The van der Waals surface area contributed by atoms with E-state index < -0.39 is 17.8 Å². The number of aromatic nitrogens is 1. The van der Waals surface area contributed by atoms with Gasteiger partial charge in [-0.25, -0.2) is 4.98 Å². The van der Waals surface area contributed by atoms with Crippen LogP contribution in [0.1, 0.15) is 28.9 Å². The Morgan fingerprint density at radius 1 is 1.48 bits per heavy atom. The summed E-state index contributed by atoms with van der Waals surface area (Å²) in [5.74, 6) is -0.934. The molecule has 8 heteroatoms. The maximum Gasteiger partial charge on any atom is 0.433 e. The fourth-order valence-corrected chi connectivity index (χ4v) is 2.00. The van der Waals surface area contributed by atoms with Gasteiger partial charge in [-0.05, 0) is 32.0 Å². The Labute approximate surface area is 120 Å². The Morgan fingerprint density at radius 2 is 2.14 bits per heavy atom. The van der Waals surface area contributed by atoms with Crippen LogP contribution in [0.2, 0.25) is 0 Å². The lowest BCUT2D eigenvalue weighted by Crippen LogP contribution is -2.28. The highest BCUT2D eigenvalue weighted by atomic mass is 19.4. The molecule has 3 N–H and O–H groups in total. The van der Waals surface area contributed by atoms with E-state index in [1.165, 1.54) is 0 Å². The van der Waals surface area contributed by atoms with Gasteiger partial charge in [-0.1, -0.05) is 0 Å². The first-order chi connectivity index (χ1) is 9.79. The van der Waals surface area contributed by atoms with Gasteiger partial charge in [0.15, 0.2) is 0 Å². The van der Waals surface area contributed by atoms with Gasteiger partial charge in [0.05, 0.1) is 5.56 Å². The van der Waals surface area contributed by atoms with E-state index in [0.717, 1.165) is 25.0 Å². The number of anilines is 1. The normalized spacial score (nSPS) is 15.3. The lowest BCUT2D eigenvalue weighted by Gasteiger charge is -2.17. The molecule has 1 aromatic rings. The Bertz CT molecular complexity index is 529. The van der Waals surface area contributed by atoms with E-state index >= 15 is 0 Å². The number of nitrogens with one attached hydrogen (secondary N) is 1. The van der Waals surface area contributed by atoms with Crippen LogP contribution in [-0.4, -0.2) is 42.0 Å². The summed E-state index contributed by atoms with van der Waals surface area (Å²) in [5, 5.41) is 2.77. The molecule has 1 aliphatic carbocycles. The van der Waals surface area contributed by atoms with Gasteiger partial charge < -0.3 is 16.0 Å². The molecule has 0 saturated heterocycles. The lowest BCUT2D eigenvalue weighted by molar-refractivity contribution is -0.141. The number of likely N-dealkylation sites (N-methyl/N-ethyl adjacent to an activating group) is 1. The third-order valence-corrected chi connectivity index (χ3v) is 3.38. The summed E-state index contributed by atoms with van der Waals surface area (Å²) < 4.78 is 38.0. The second-order valence-corrected chi connectivity index (χ2v) is 5.09. The molecule has 0 radical (unpaired) electrons. The number of hydrogen-bond acceptors (Lipinski definition) is 4. The molecule has 2 rings (SSSR count). The first kappa shape index (κ1) is 15.6. The molecule has 1 aliphatic rings. The topological polar surface area (TPSA) is 71.2 Å². The summed E-state index contributed by atoms with van der Waals surface area (Å²) in [6, 6.07) is 2.35. The number of amides is 1. The van der Waals surface area contributed by atoms with Crippen LogP contribution in [0.25, 0.3) is 0 Å². The van der Waals surface area contributed by atoms with Gasteiger partial charge >= 0.3 is 6.18 Å². The van der Waals surface area contributed by atoms with Crippen molar-refractivity contribution < 1.29 is 18.0 Å². The summed E-state index contributed by atoms with van der Waals surface area (Å²) in [7, 11) is 1.95. The van der Waals surface area contributed by atoms with E-state index in [9.17, 15) is 18.0 Å². The number of carbonyl (C=O) groups excluding carboxylic acids is 1. The van der Waals surface area contributed by atoms with Crippen LogP contribution >= 0.6 is 0 Å². The highest BCUT2D eigenvalue weighted by Crippen LogP contribution is 2.29. The van der Waals surface area contributed by atoms with Crippen LogP contribution in [0.3, 0.4) is 0 Å². The monoisotopic (exact) mass is 302 g/mol. The van der Waals surface area contributed by atoms with Crippen molar-refractivity contribution >= 4 is 11.7 Å². The number of nitrogens with zero attached hydrogens (tertiary/aromatic N) is 2. The second-order valence-electron chi connectivity index (χ2n) is 5.09. The van der Waals surface area contributed by atoms with Gasteiger partial charge in [-0.2, -0.15) is 13.2 Å². The van der Waals surface area contributed by atoms with E-state index in [1.54, 1.807) is 0 Å². The molecule has 0 aromatic carbocycles. The van der Waals surface area contributed by atoms with Gasteiger partial charge in [0.2, 0.25) is 0 Å². The predicted molar refractivity (Wildman–Crippen MR) is 71.9 cm³/mol. The Morgan fingerprint density at radius 3 is 2.67 bits per heavy atom. The first-order valence-corrected chi connectivity index (χ1v) is 6.61. The van der Waals surface area contributed by atoms with Crippen molar-refractivity contribution in [1.82, 2.24) is 9.88 Å². The van der Waals surface area contributed by atoms with Gasteiger partial charge in [0, 0.05) is 19.1 Å². The minimum absolute atomic E-state index is 0.0444. The molecule has 1 saturated carbocycles. The highest BCUT2D eigenvalue weighted by molar-refractivity contribution is 5.97. The van der Waals surface area contributed by atoms with E-state index in [0.29, 0.717) is 19.1 Å². The number of hydrogen-bond donors (Lipinski definition) is 2. The third kappa shape index (κ3) is 4.07. The number of nitrogens with two attached hydrogens (primary N) is 1. The minimum Gasteiger partial charge on any atom is -0.368 e. The van der Waals surface area contributed by atoms with Crippen LogP contribution < -0.4 is 11.1 Å². The standard InChI is InChI=1S/C13H17F3N4O/c1-20(8-2-3-8)7-6-18-12-9(11(17)21)4-5-10(19-12)13(14,15)16/h4-5,8H,2-3,6-7H2,1H3,(H2,17,21)(H,18,19). The Hall–Kier alpha value is -1.83. The number of rotatable bonds is 6. The Balaban J connectivity index is 2.08. The van der Waals surface area contributed by atoms with Crippen molar-refractivity contribution in [3.63, 3.8) is 0 Å². The second kappa shape index (κ2) is 5.88. The quantitative estimate of drug-likeness (QED) is 0.839. The van der Waals surface area contributed by atoms with Crippen molar-refractivity contribution in [2.45, 2.75) is 25.1 Å². The highest BCUT2D eigenvalue weighted by Gasteiger charge is 2.33. The maximum absolute atomic E-state index is 12.7. The molecule has 1 amide bonds. The van der Waals surface area contributed by atoms with Crippen molar-refractivity contribution in [2.75, 3.05) is 25.5 Å². The average Bonchev–Trinajstić information content (AvgIpc) is 3.21. The molecule has 0 aliphatic heterocycles. The number of pyridine rings is 1. The first-order valence-electron chi connectivity index (χ1n) is 6.61.